The number of carbonyl (C=O) groups is 2. The molecule has 0 unspecified atom stereocenters. The lowest BCUT2D eigenvalue weighted by atomic mass is 10.1. The highest BCUT2D eigenvalue weighted by molar-refractivity contribution is 6.08. The smallest absolute Gasteiger partial charge is 0.276 e. The van der Waals surface area contributed by atoms with Crippen molar-refractivity contribution < 1.29 is 14.0 Å². The van der Waals surface area contributed by atoms with Gasteiger partial charge < -0.3 is 10.2 Å². The van der Waals surface area contributed by atoms with Crippen LogP contribution in [0.4, 0.5) is 15.8 Å². The van der Waals surface area contributed by atoms with Gasteiger partial charge in [0.1, 0.15) is 11.5 Å². The van der Waals surface area contributed by atoms with Gasteiger partial charge in [0.25, 0.3) is 11.8 Å². The van der Waals surface area contributed by atoms with Crippen molar-refractivity contribution in [2.45, 2.75) is 13.8 Å². The molecule has 0 bridgehead atoms. The highest BCUT2D eigenvalue weighted by atomic mass is 19.1. The van der Waals surface area contributed by atoms with E-state index in [0.29, 0.717) is 6.54 Å². The number of hydrogen-bond acceptors (Lipinski definition) is 3. The minimum absolute atomic E-state index is 0.0761. The number of aromatic nitrogens is 1. The number of para-hydroxylation sites is 1. The maximum Gasteiger partial charge on any atom is 0.276 e. The summed E-state index contributed by atoms with van der Waals surface area (Å²) in [6, 6.07) is 16.4. The summed E-state index contributed by atoms with van der Waals surface area (Å²) in [6.45, 7) is 4.28. The van der Waals surface area contributed by atoms with E-state index in [2.05, 4.69) is 10.3 Å². The Labute approximate surface area is 162 Å². The summed E-state index contributed by atoms with van der Waals surface area (Å²) in [4.78, 5) is 31.1. The number of halogens is 1. The molecule has 0 aliphatic carbocycles. The summed E-state index contributed by atoms with van der Waals surface area (Å²) in [5.74, 6) is -1.35. The van der Waals surface area contributed by atoms with Crippen molar-refractivity contribution in [1.82, 2.24) is 4.98 Å². The van der Waals surface area contributed by atoms with Gasteiger partial charge in [0.05, 0.1) is 5.69 Å². The molecule has 1 aromatic heterocycles. The molecule has 3 aromatic rings. The summed E-state index contributed by atoms with van der Waals surface area (Å²) in [5, 5.41) is 2.51. The van der Waals surface area contributed by atoms with Crippen LogP contribution in [0.3, 0.4) is 0 Å². The third kappa shape index (κ3) is 4.23. The van der Waals surface area contributed by atoms with Crippen LogP contribution in [-0.4, -0.2) is 23.3 Å². The second-order valence-electron chi connectivity index (χ2n) is 6.25. The quantitative estimate of drug-likeness (QED) is 0.715. The van der Waals surface area contributed by atoms with Gasteiger partial charge in [0.15, 0.2) is 0 Å². The summed E-state index contributed by atoms with van der Waals surface area (Å²) in [5.41, 5.74) is 2.24. The fourth-order valence-corrected chi connectivity index (χ4v) is 2.82. The molecule has 0 saturated heterocycles. The van der Waals surface area contributed by atoms with Gasteiger partial charge in [-0.05, 0) is 55.8 Å². The molecule has 28 heavy (non-hydrogen) atoms. The molecule has 6 heteroatoms. The predicted molar refractivity (Wildman–Crippen MR) is 107 cm³/mol. The Morgan fingerprint density at radius 2 is 1.86 bits per heavy atom. The van der Waals surface area contributed by atoms with Crippen LogP contribution in [0, 0.1) is 12.7 Å². The van der Waals surface area contributed by atoms with Crippen LogP contribution in [0.5, 0.6) is 0 Å². The average molecular weight is 377 g/mol. The molecule has 0 aliphatic rings. The number of nitrogens with one attached hydrogen (secondary N) is 1. The van der Waals surface area contributed by atoms with E-state index in [4.69, 9.17) is 0 Å². The Morgan fingerprint density at radius 1 is 1.07 bits per heavy atom. The van der Waals surface area contributed by atoms with Gasteiger partial charge in [-0.1, -0.05) is 24.3 Å². The lowest BCUT2D eigenvalue weighted by molar-refractivity contribution is 0.0983. The Kier molecular flexibility index (Phi) is 5.79. The van der Waals surface area contributed by atoms with E-state index < -0.39 is 11.7 Å². The fourth-order valence-electron chi connectivity index (χ4n) is 2.82. The first kappa shape index (κ1) is 19.2. The van der Waals surface area contributed by atoms with E-state index >= 15 is 0 Å². The van der Waals surface area contributed by atoms with Gasteiger partial charge in [0, 0.05) is 24.0 Å². The number of pyridine rings is 1. The van der Waals surface area contributed by atoms with Gasteiger partial charge in [-0.15, -0.1) is 0 Å². The van der Waals surface area contributed by atoms with Crippen molar-refractivity contribution in [3.05, 3.63) is 89.5 Å². The summed E-state index contributed by atoms with van der Waals surface area (Å²) >= 11 is 0. The number of nitrogens with zero attached hydrogens (tertiary/aromatic N) is 2. The predicted octanol–water partition coefficient (Wildman–Crippen LogP) is 4.45. The molecule has 0 fully saturated rings. The molecule has 0 radical (unpaired) electrons. The Bertz CT molecular complexity index is 1020. The van der Waals surface area contributed by atoms with Gasteiger partial charge in [-0.3, -0.25) is 14.6 Å². The Balaban J connectivity index is 1.84. The monoisotopic (exact) mass is 377 g/mol. The number of amides is 2. The number of hydrogen-bond donors (Lipinski definition) is 1. The van der Waals surface area contributed by atoms with Crippen LogP contribution in [0.25, 0.3) is 0 Å². The zero-order valence-corrected chi connectivity index (χ0v) is 15.6. The zero-order valence-electron chi connectivity index (χ0n) is 15.6. The molecule has 0 saturated carbocycles. The normalized spacial score (nSPS) is 10.4. The molecule has 0 spiro atoms. The maximum absolute atomic E-state index is 13.8. The molecule has 0 aliphatic heterocycles. The number of carbonyl (C=O) groups excluding carboxylic acids is 2. The van der Waals surface area contributed by atoms with Crippen molar-refractivity contribution in [3.8, 4) is 0 Å². The van der Waals surface area contributed by atoms with E-state index in [-0.39, 0.29) is 22.9 Å². The number of anilines is 2. The summed E-state index contributed by atoms with van der Waals surface area (Å²) in [7, 11) is 0. The highest BCUT2D eigenvalue weighted by Gasteiger charge is 2.19. The summed E-state index contributed by atoms with van der Waals surface area (Å²) in [6.07, 6.45) is 1.40. The van der Waals surface area contributed by atoms with Crippen LogP contribution in [0.1, 0.15) is 33.3 Å². The van der Waals surface area contributed by atoms with Crippen LogP contribution in [0.15, 0.2) is 66.9 Å². The minimum Gasteiger partial charge on any atom is -0.319 e. The Morgan fingerprint density at radius 3 is 2.57 bits per heavy atom. The first-order chi connectivity index (χ1) is 13.5. The highest BCUT2D eigenvalue weighted by Crippen LogP contribution is 2.19. The van der Waals surface area contributed by atoms with E-state index in [0.717, 1.165) is 11.3 Å². The van der Waals surface area contributed by atoms with Gasteiger partial charge >= 0.3 is 0 Å². The number of benzene rings is 2. The third-order valence-electron chi connectivity index (χ3n) is 4.24. The van der Waals surface area contributed by atoms with Crippen LogP contribution in [0.2, 0.25) is 0 Å². The number of rotatable bonds is 5. The molecule has 3 rings (SSSR count). The van der Waals surface area contributed by atoms with E-state index in [1.54, 1.807) is 17.0 Å². The largest absolute Gasteiger partial charge is 0.319 e. The SMILES string of the molecule is CCN(C(=O)c1cc(C(=O)Nc2ccccc2F)ccn1)c1cccc(C)c1. The second kappa shape index (κ2) is 8.43. The van der Waals surface area contributed by atoms with Gasteiger partial charge in [0.2, 0.25) is 0 Å². The molecule has 5 nitrogen and oxygen atoms in total. The zero-order chi connectivity index (χ0) is 20.1. The molecule has 142 valence electrons. The van der Waals surface area contributed by atoms with E-state index in [9.17, 15) is 14.0 Å². The molecular weight excluding hydrogens is 357 g/mol. The van der Waals surface area contributed by atoms with Crippen molar-refractivity contribution in [2.24, 2.45) is 0 Å². The van der Waals surface area contributed by atoms with E-state index in [1.807, 2.05) is 38.1 Å². The number of aryl methyl sites for hydroxylation is 1. The lowest BCUT2D eigenvalue weighted by Gasteiger charge is -2.21. The first-order valence-electron chi connectivity index (χ1n) is 8.90. The van der Waals surface area contributed by atoms with Gasteiger partial charge in [-0.25, -0.2) is 4.39 Å². The molecule has 2 aromatic carbocycles. The molecule has 1 N–H and O–H groups in total. The maximum atomic E-state index is 13.8. The van der Waals surface area contributed by atoms with Crippen molar-refractivity contribution in [3.63, 3.8) is 0 Å². The van der Waals surface area contributed by atoms with Crippen LogP contribution in [-0.2, 0) is 0 Å². The van der Waals surface area contributed by atoms with Crippen molar-refractivity contribution >= 4 is 23.2 Å². The van der Waals surface area contributed by atoms with Crippen LogP contribution >= 0.6 is 0 Å². The third-order valence-corrected chi connectivity index (χ3v) is 4.24. The van der Waals surface area contributed by atoms with E-state index in [1.165, 1.54) is 30.5 Å². The first-order valence-corrected chi connectivity index (χ1v) is 8.90. The minimum atomic E-state index is -0.530. The van der Waals surface area contributed by atoms with Crippen molar-refractivity contribution in [2.75, 3.05) is 16.8 Å². The average Bonchev–Trinajstić information content (AvgIpc) is 2.70. The molecule has 2 amide bonds. The molecular formula is C22H20FN3O2. The standard InChI is InChI=1S/C22H20FN3O2/c1-3-26(17-8-6-7-15(2)13-17)22(28)20-14-16(11-12-24-20)21(27)25-19-10-5-4-9-18(19)23/h4-14H,3H2,1-2H3,(H,25,27). The lowest BCUT2D eigenvalue weighted by Crippen LogP contribution is -2.31. The topological polar surface area (TPSA) is 62.3 Å². The van der Waals surface area contributed by atoms with Gasteiger partial charge in [-0.2, -0.15) is 0 Å². The fraction of sp³-hybridized carbons (Fsp3) is 0.136. The summed E-state index contributed by atoms with van der Waals surface area (Å²) < 4.78 is 13.8. The second-order valence-corrected chi connectivity index (χ2v) is 6.25. The van der Waals surface area contributed by atoms with Crippen LogP contribution < -0.4 is 10.2 Å². The molecule has 1 heterocycles. The molecule has 0 atom stereocenters. The Hall–Kier alpha value is -3.54. The van der Waals surface area contributed by atoms with Crippen molar-refractivity contribution in [1.29, 1.82) is 0 Å².